The molecule has 28 heavy (non-hydrogen) atoms. The van der Waals surface area contributed by atoms with Gasteiger partial charge in [0.15, 0.2) is 0 Å². The Labute approximate surface area is 165 Å². The first kappa shape index (κ1) is 17.7. The number of benzene rings is 2. The summed E-state index contributed by atoms with van der Waals surface area (Å²) in [5.41, 5.74) is 0.429. The number of amides is 1. The van der Waals surface area contributed by atoms with Crippen molar-refractivity contribution < 1.29 is 14.3 Å². The number of carbonyl (C=O) groups excluding carboxylic acids is 2. The minimum atomic E-state index is -0.420. The van der Waals surface area contributed by atoms with Gasteiger partial charge in [0.2, 0.25) is 5.91 Å². The lowest BCUT2D eigenvalue weighted by molar-refractivity contribution is -0.177. The van der Waals surface area contributed by atoms with Crippen LogP contribution in [0.3, 0.4) is 0 Å². The molecule has 146 valence electrons. The Morgan fingerprint density at radius 2 is 1.75 bits per heavy atom. The fourth-order valence-corrected chi connectivity index (χ4v) is 6.74. The van der Waals surface area contributed by atoms with Crippen molar-refractivity contribution in [1.82, 2.24) is 5.32 Å². The number of hydrogen-bond acceptors (Lipinski definition) is 3. The first-order chi connectivity index (χ1) is 13.5. The first-order valence-corrected chi connectivity index (χ1v) is 10.4. The maximum Gasteiger partial charge on any atom is 0.312 e. The lowest BCUT2D eigenvalue weighted by Crippen LogP contribution is -2.64. The van der Waals surface area contributed by atoms with Crippen LogP contribution < -0.4 is 5.32 Å². The van der Waals surface area contributed by atoms with Crippen LogP contribution in [0.2, 0.25) is 0 Å². The Hall–Kier alpha value is -2.36. The van der Waals surface area contributed by atoms with Crippen molar-refractivity contribution in [2.75, 3.05) is 0 Å². The van der Waals surface area contributed by atoms with Crippen molar-refractivity contribution in [2.24, 2.45) is 17.3 Å². The second-order valence-corrected chi connectivity index (χ2v) is 9.42. The lowest BCUT2D eigenvalue weighted by atomic mass is 9.47. The SMILES string of the molecule is CC(=O)NC12CC3CC(C1)CC(C(=O)OCc1cccc4ccccc14)(C3)C2. The molecule has 1 amide bonds. The Bertz CT molecular complexity index is 931. The Kier molecular flexibility index (Phi) is 4.01. The van der Waals surface area contributed by atoms with E-state index in [-0.39, 0.29) is 17.4 Å². The Balaban J connectivity index is 1.37. The maximum atomic E-state index is 13.3. The third-order valence-corrected chi connectivity index (χ3v) is 7.17. The van der Waals surface area contributed by atoms with Crippen LogP contribution in [0.1, 0.15) is 51.0 Å². The van der Waals surface area contributed by atoms with Gasteiger partial charge in [-0.05, 0) is 66.7 Å². The van der Waals surface area contributed by atoms with E-state index < -0.39 is 5.41 Å². The summed E-state index contributed by atoms with van der Waals surface area (Å²) < 4.78 is 5.92. The van der Waals surface area contributed by atoms with E-state index in [4.69, 9.17) is 4.74 Å². The first-order valence-electron chi connectivity index (χ1n) is 10.4. The fraction of sp³-hybridized carbons (Fsp3) is 0.500. The van der Waals surface area contributed by atoms with Crippen molar-refractivity contribution in [1.29, 1.82) is 0 Å². The Morgan fingerprint density at radius 1 is 1.04 bits per heavy atom. The minimum Gasteiger partial charge on any atom is -0.460 e. The summed E-state index contributed by atoms with van der Waals surface area (Å²) in [6, 6.07) is 14.3. The summed E-state index contributed by atoms with van der Waals surface area (Å²) >= 11 is 0. The molecule has 0 aromatic heterocycles. The molecule has 4 fully saturated rings. The number of ether oxygens (including phenoxy) is 1. The number of carbonyl (C=O) groups is 2. The molecule has 4 heteroatoms. The average Bonchev–Trinajstić information content (AvgIpc) is 2.64. The second kappa shape index (κ2) is 6.33. The molecule has 0 heterocycles. The number of rotatable bonds is 4. The van der Waals surface area contributed by atoms with Gasteiger partial charge in [-0.2, -0.15) is 0 Å². The molecule has 6 rings (SSSR count). The van der Waals surface area contributed by atoms with Gasteiger partial charge in [-0.15, -0.1) is 0 Å². The van der Waals surface area contributed by atoms with Crippen LogP contribution in [0, 0.1) is 17.3 Å². The molecule has 0 radical (unpaired) electrons. The van der Waals surface area contributed by atoms with Gasteiger partial charge in [0.25, 0.3) is 0 Å². The molecule has 4 bridgehead atoms. The molecule has 0 spiro atoms. The van der Waals surface area contributed by atoms with E-state index in [9.17, 15) is 9.59 Å². The van der Waals surface area contributed by atoms with Crippen molar-refractivity contribution in [2.45, 2.75) is 57.6 Å². The summed E-state index contributed by atoms with van der Waals surface area (Å²) in [6.45, 7) is 1.90. The molecule has 2 atom stereocenters. The van der Waals surface area contributed by atoms with E-state index in [1.807, 2.05) is 24.3 Å². The quantitative estimate of drug-likeness (QED) is 0.806. The highest BCUT2D eigenvalue weighted by atomic mass is 16.5. The monoisotopic (exact) mass is 377 g/mol. The highest BCUT2D eigenvalue weighted by molar-refractivity contribution is 5.86. The van der Waals surface area contributed by atoms with Crippen LogP contribution in [-0.4, -0.2) is 17.4 Å². The molecule has 2 unspecified atom stereocenters. The third kappa shape index (κ3) is 2.90. The predicted octanol–water partition coefficient (Wildman–Crippen LogP) is 4.36. The van der Waals surface area contributed by atoms with Crippen molar-refractivity contribution in [3.05, 3.63) is 48.0 Å². The van der Waals surface area contributed by atoms with Gasteiger partial charge in [-0.25, -0.2) is 0 Å². The van der Waals surface area contributed by atoms with Gasteiger partial charge in [0, 0.05) is 12.5 Å². The van der Waals surface area contributed by atoms with Crippen LogP contribution in [0.15, 0.2) is 42.5 Å². The third-order valence-electron chi connectivity index (χ3n) is 7.17. The number of esters is 1. The maximum absolute atomic E-state index is 13.3. The highest BCUT2D eigenvalue weighted by Crippen LogP contribution is 2.62. The number of fused-ring (bicyclic) bond motifs is 1. The molecule has 0 saturated heterocycles. The Morgan fingerprint density at radius 3 is 2.50 bits per heavy atom. The summed E-state index contributed by atoms with van der Waals surface area (Å²) in [6.07, 6.45) is 5.79. The summed E-state index contributed by atoms with van der Waals surface area (Å²) in [5.74, 6) is 1.00. The molecular weight excluding hydrogens is 350 g/mol. The lowest BCUT2D eigenvalue weighted by Gasteiger charge is -2.60. The molecule has 4 saturated carbocycles. The summed E-state index contributed by atoms with van der Waals surface area (Å²) in [4.78, 5) is 25.1. The average molecular weight is 377 g/mol. The van der Waals surface area contributed by atoms with Crippen molar-refractivity contribution in [3.63, 3.8) is 0 Å². The summed E-state index contributed by atoms with van der Waals surface area (Å²) in [5, 5.41) is 5.52. The van der Waals surface area contributed by atoms with E-state index in [2.05, 4.69) is 23.5 Å². The zero-order chi connectivity index (χ0) is 19.4. The van der Waals surface area contributed by atoms with Crippen molar-refractivity contribution >= 4 is 22.6 Å². The van der Waals surface area contributed by atoms with Gasteiger partial charge in [0.1, 0.15) is 6.61 Å². The second-order valence-electron chi connectivity index (χ2n) is 9.42. The number of nitrogens with one attached hydrogen (secondary N) is 1. The van der Waals surface area contributed by atoms with Crippen LogP contribution in [0.4, 0.5) is 0 Å². The van der Waals surface area contributed by atoms with E-state index in [1.165, 1.54) is 6.42 Å². The smallest absolute Gasteiger partial charge is 0.312 e. The van der Waals surface area contributed by atoms with Gasteiger partial charge < -0.3 is 10.1 Å². The fourth-order valence-electron chi connectivity index (χ4n) is 6.74. The largest absolute Gasteiger partial charge is 0.460 e. The number of hydrogen-bond donors (Lipinski definition) is 1. The molecule has 0 aliphatic heterocycles. The predicted molar refractivity (Wildman–Crippen MR) is 107 cm³/mol. The van der Waals surface area contributed by atoms with Crippen molar-refractivity contribution in [3.8, 4) is 0 Å². The molecule has 4 nitrogen and oxygen atoms in total. The van der Waals surface area contributed by atoms with E-state index in [0.29, 0.717) is 18.4 Å². The standard InChI is InChI=1S/C24H27NO3/c1-16(26)25-24-12-17-9-18(13-24)11-23(10-17,15-24)22(27)28-14-20-7-4-6-19-5-2-3-8-21(19)20/h2-8,17-18H,9-15H2,1H3,(H,25,26). The van der Waals surface area contributed by atoms with Crippen LogP contribution in [-0.2, 0) is 20.9 Å². The van der Waals surface area contributed by atoms with E-state index >= 15 is 0 Å². The van der Waals surface area contributed by atoms with Crippen LogP contribution in [0.25, 0.3) is 10.8 Å². The van der Waals surface area contributed by atoms with Crippen LogP contribution in [0.5, 0.6) is 0 Å². The molecule has 2 aromatic rings. The van der Waals surface area contributed by atoms with Gasteiger partial charge in [-0.3, -0.25) is 9.59 Å². The van der Waals surface area contributed by atoms with E-state index in [0.717, 1.165) is 48.4 Å². The van der Waals surface area contributed by atoms with Gasteiger partial charge in [0.05, 0.1) is 5.41 Å². The molecule has 1 N–H and O–H groups in total. The van der Waals surface area contributed by atoms with E-state index in [1.54, 1.807) is 6.92 Å². The molecular formula is C24H27NO3. The zero-order valence-electron chi connectivity index (χ0n) is 16.4. The summed E-state index contributed by atoms with van der Waals surface area (Å²) in [7, 11) is 0. The topological polar surface area (TPSA) is 55.4 Å². The van der Waals surface area contributed by atoms with Crippen LogP contribution >= 0.6 is 0 Å². The molecule has 2 aromatic carbocycles. The molecule has 4 aliphatic carbocycles. The normalized spacial score (nSPS) is 33.0. The highest BCUT2D eigenvalue weighted by Gasteiger charge is 2.61. The molecule has 4 aliphatic rings. The van der Waals surface area contributed by atoms with Gasteiger partial charge >= 0.3 is 5.97 Å². The van der Waals surface area contributed by atoms with Gasteiger partial charge in [-0.1, -0.05) is 42.5 Å². The zero-order valence-corrected chi connectivity index (χ0v) is 16.4. The minimum absolute atomic E-state index is 0.0150.